The molecule has 4 rings (SSSR count). The van der Waals surface area contributed by atoms with Crippen molar-refractivity contribution < 1.29 is 23.8 Å². The minimum Gasteiger partial charge on any atom is -0.454 e. The van der Waals surface area contributed by atoms with E-state index in [1.165, 1.54) is 0 Å². The Morgan fingerprint density at radius 2 is 1.84 bits per heavy atom. The van der Waals surface area contributed by atoms with Gasteiger partial charge in [-0.25, -0.2) is 0 Å². The molecule has 0 aliphatic carbocycles. The van der Waals surface area contributed by atoms with Crippen molar-refractivity contribution in [2.75, 3.05) is 50.4 Å². The van der Waals surface area contributed by atoms with Crippen molar-refractivity contribution in [3.8, 4) is 11.5 Å². The first-order valence-electron chi connectivity index (χ1n) is 10.9. The minimum absolute atomic E-state index is 0.151. The van der Waals surface area contributed by atoms with Gasteiger partial charge in [0.05, 0.1) is 12.2 Å². The van der Waals surface area contributed by atoms with E-state index in [0.717, 1.165) is 31.6 Å². The van der Waals surface area contributed by atoms with Crippen molar-refractivity contribution >= 4 is 23.2 Å². The number of hydrogen-bond acceptors (Lipinski definition) is 6. The second-order valence-corrected chi connectivity index (χ2v) is 8.17. The van der Waals surface area contributed by atoms with Crippen LogP contribution >= 0.6 is 0 Å². The number of carbonyl (C=O) groups is 2. The lowest BCUT2D eigenvalue weighted by atomic mass is 9.97. The van der Waals surface area contributed by atoms with Crippen molar-refractivity contribution in [3.05, 3.63) is 47.5 Å². The molecular formula is C24H29N3O5. The normalized spacial score (nSPS) is 15.5. The maximum atomic E-state index is 12.9. The van der Waals surface area contributed by atoms with Gasteiger partial charge in [0.2, 0.25) is 6.79 Å². The molecule has 0 aromatic heterocycles. The van der Waals surface area contributed by atoms with Crippen molar-refractivity contribution in [1.82, 2.24) is 5.32 Å². The maximum absolute atomic E-state index is 12.9. The van der Waals surface area contributed by atoms with E-state index in [1.807, 2.05) is 12.1 Å². The van der Waals surface area contributed by atoms with Crippen LogP contribution in [0.5, 0.6) is 11.5 Å². The molecule has 2 aromatic rings. The second-order valence-electron chi connectivity index (χ2n) is 8.17. The van der Waals surface area contributed by atoms with E-state index in [9.17, 15) is 9.59 Å². The summed E-state index contributed by atoms with van der Waals surface area (Å²) in [5.74, 6) is 1.39. The molecule has 8 nitrogen and oxygen atoms in total. The third kappa shape index (κ3) is 4.96. The quantitative estimate of drug-likeness (QED) is 0.644. The van der Waals surface area contributed by atoms with Crippen LogP contribution in [0.3, 0.4) is 0 Å². The fraction of sp³-hybridized carbons (Fsp3) is 0.417. The van der Waals surface area contributed by atoms with Crippen LogP contribution in [0, 0.1) is 5.92 Å². The zero-order valence-corrected chi connectivity index (χ0v) is 18.5. The maximum Gasteiger partial charge on any atom is 0.255 e. The summed E-state index contributed by atoms with van der Waals surface area (Å²) in [6.07, 6.45) is 2.18. The molecule has 0 radical (unpaired) electrons. The zero-order chi connectivity index (χ0) is 22.5. The molecule has 2 aromatic carbocycles. The van der Waals surface area contributed by atoms with E-state index in [0.29, 0.717) is 47.4 Å². The SMILES string of the molecule is COCCNC(=O)c1cc(NC(=O)c2ccc3c(c2)OCO3)ccc1N1CCC(C)CC1. The summed E-state index contributed by atoms with van der Waals surface area (Å²) in [5, 5.41) is 5.79. The van der Waals surface area contributed by atoms with E-state index >= 15 is 0 Å². The molecule has 0 spiro atoms. The van der Waals surface area contributed by atoms with Crippen molar-refractivity contribution in [3.63, 3.8) is 0 Å². The molecule has 2 N–H and O–H groups in total. The van der Waals surface area contributed by atoms with Gasteiger partial charge in [0.1, 0.15) is 0 Å². The standard InChI is InChI=1S/C24H29N3O5/c1-16-7-10-27(11-8-16)20-5-4-18(14-19(20)24(29)25-9-12-30-2)26-23(28)17-3-6-21-22(13-17)32-15-31-21/h3-6,13-14,16H,7-12,15H2,1-2H3,(H,25,29)(H,26,28). The molecule has 0 saturated carbocycles. The van der Waals surface area contributed by atoms with Gasteiger partial charge in [0.25, 0.3) is 11.8 Å². The summed E-state index contributed by atoms with van der Waals surface area (Å²) in [6.45, 7) is 5.07. The number of nitrogens with one attached hydrogen (secondary N) is 2. The molecule has 32 heavy (non-hydrogen) atoms. The number of hydrogen-bond donors (Lipinski definition) is 2. The van der Waals surface area contributed by atoms with Crippen LogP contribution in [0.4, 0.5) is 11.4 Å². The third-order valence-electron chi connectivity index (χ3n) is 5.85. The molecule has 2 heterocycles. The highest BCUT2D eigenvalue weighted by molar-refractivity contribution is 6.06. The summed E-state index contributed by atoms with van der Waals surface area (Å²) in [5.41, 5.74) is 2.43. The van der Waals surface area contributed by atoms with E-state index in [4.69, 9.17) is 14.2 Å². The lowest BCUT2D eigenvalue weighted by Gasteiger charge is -2.33. The zero-order valence-electron chi connectivity index (χ0n) is 18.5. The number of anilines is 2. The number of fused-ring (bicyclic) bond motifs is 1. The predicted octanol–water partition coefficient (Wildman–Crippen LogP) is 3.28. The highest BCUT2D eigenvalue weighted by Gasteiger charge is 2.22. The first kappa shape index (κ1) is 22.0. The van der Waals surface area contributed by atoms with Gasteiger partial charge < -0.3 is 29.7 Å². The van der Waals surface area contributed by atoms with Crippen LogP contribution in [0.15, 0.2) is 36.4 Å². The number of nitrogens with zero attached hydrogens (tertiary/aromatic N) is 1. The molecule has 2 aliphatic heterocycles. The van der Waals surface area contributed by atoms with E-state index in [2.05, 4.69) is 22.5 Å². The van der Waals surface area contributed by atoms with Gasteiger partial charge in [-0.3, -0.25) is 9.59 Å². The Kier molecular flexibility index (Phi) is 6.80. The molecule has 8 heteroatoms. The van der Waals surface area contributed by atoms with Crippen LogP contribution < -0.4 is 25.0 Å². The van der Waals surface area contributed by atoms with Crippen molar-refractivity contribution in [2.24, 2.45) is 5.92 Å². The van der Waals surface area contributed by atoms with Gasteiger partial charge in [-0.05, 0) is 55.2 Å². The summed E-state index contributed by atoms with van der Waals surface area (Å²) in [6, 6.07) is 10.5. The third-order valence-corrected chi connectivity index (χ3v) is 5.85. The predicted molar refractivity (Wildman–Crippen MR) is 122 cm³/mol. The van der Waals surface area contributed by atoms with Gasteiger partial charge >= 0.3 is 0 Å². The number of benzene rings is 2. The van der Waals surface area contributed by atoms with Gasteiger partial charge in [0, 0.05) is 43.7 Å². The van der Waals surface area contributed by atoms with Crippen molar-refractivity contribution in [1.29, 1.82) is 0 Å². The highest BCUT2D eigenvalue weighted by Crippen LogP contribution is 2.33. The van der Waals surface area contributed by atoms with Crippen LogP contribution in [0.25, 0.3) is 0 Å². The summed E-state index contributed by atoms with van der Waals surface area (Å²) < 4.78 is 15.7. The Hall–Kier alpha value is -3.26. The molecule has 2 aliphatic rings. The number of amides is 2. The largest absolute Gasteiger partial charge is 0.454 e. The molecule has 1 fully saturated rings. The molecule has 170 valence electrons. The van der Waals surface area contributed by atoms with Crippen LogP contribution in [-0.4, -0.2) is 52.0 Å². The molecular weight excluding hydrogens is 410 g/mol. The Morgan fingerprint density at radius 3 is 2.62 bits per heavy atom. The highest BCUT2D eigenvalue weighted by atomic mass is 16.7. The average molecular weight is 440 g/mol. The molecule has 2 amide bonds. The number of ether oxygens (including phenoxy) is 3. The van der Waals surface area contributed by atoms with Crippen LogP contribution in [0.2, 0.25) is 0 Å². The Balaban J connectivity index is 1.55. The molecule has 1 saturated heterocycles. The topological polar surface area (TPSA) is 89.1 Å². The average Bonchev–Trinajstić information content (AvgIpc) is 3.28. The number of methoxy groups -OCH3 is 1. The summed E-state index contributed by atoms with van der Waals surface area (Å²) in [4.78, 5) is 28.0. The Morgan fingerprint density at radius 1 is 1.06 bits per heavy atom. The van der Waals surface area contributed by atoms with E-state index < -0.39 is 0 Å². The van der Waals surface area contributed by atoms with Gasteiger partial charge in [0.15, 0.2) is 11.5 Å². The fourth-order valence-corrected chi connectivity index (χ4v) is 3.92. The van der Waals surface area contributed by atoms with E-state index in [1.54, 1.807) is 31.4 Å². The monoisotopic (exact) mass is 439 g/mol. The van der Waals surface area contributed by atoms with Crippen molar-refractivity contribution in [2.45, 2.75) is 19.8 Å². The molecule has 0 bridgehead atoms. The fourth-order valence-electron chi connectivity index (χ4n) is 3.92. The minimum atomic E-state index is -0.284. The molecule has 0 unspecified atom stereocenters. The lowest BCUT2D eigenvalue weighted by molar-refractivity contribution is 0.0936. The molecule has 0 atom stereocenters. The summed E-state index contributed by atoms with van der Waals surface area (Å²) >= 11 is 0. The van der Waals surface area contributed by atoms with Crippen LogP contribution in [0.1, 0.15) is 40.5 Å². The van der Waals surface area contributed by atoms with Gasteiger partial charge in [-0.15, -0.1) is 0 Å². The smallest absolute Gasteiger partial charge is 0.255 e. The number of carbonyl (C=O) groups excluding carboxylic acids is 2. The lowest BCUT2D eigenvalue weighted by Crippen LogP contribution is -2.35. The number of piperidine rings is 1. The van der Waals surface area contributed by atoms with Gasteiger partial charge in [-0.2, -0.15) is 0 Å². The van der Waals surface area contributed by atoms with Crippen LogP contribution in [-0.2, 0) is 4.74 Å². The first-order valence-corrected chi connectivity index (χ1v) is 10.9. The first-order chi connectivity index (χ1) is 15.5. The van der Waals surface area contributed by atoms with E-state index in [-0.39, 0.29) is 18.6 Å². The second kappa shape index (κ2) is 9.91. The Labute approximate surface area is 187 Å². The van der Waals surface area contributed by atoms with Gasteiger partial charge in [-0.1, -0.05) is 6.92 Å². The Bertz CT molecular complexity index is 986. The summed E-state index contributed by atoms with van der Waals surface area (Å²) in [7, 11) is 1.60. The number of rotatable bonds is 7.